The number of aromatic nitrogens is 4. The lowest BCUT2D eigenvalue weighted by atomic mass is 10.2. The molecule has 54 valence electrons. The predicted octanol–water partition coefficient (Wildman–Crippen LogP) is -1.21. The van der Waals surface area contributed by atoms with Crippen molar-refractivity contribution in [1.82, 2.24) is 20.6 Å². The molecule has 1 amide bonds. The molecule has 10 heavy (non-hydrogen) atoms. The van der Waals surface area contributed by atoms with Gasteiger partial charge in [0, 0.05) is 0 Å². The van der Waals surface area contributed by atoms with Gasteiger partial charge in [-0.1, -0.05) is 5.21 Å². The lowest BCUT2D eigenvalue weighted by Crippen LogP contribution is -2.19. The number of amides is 1. The van der Waals surface area contributed by atoms with Gasteiger partial charge in [-0.25, -0.2) is 0 Å². The molecular formula is C4H7N5O. The number of carbonyl (C=O) groups excluding carboxylic acids is 1. The van der Waals surface area contributed by atoms with E-state index in [1.165, 1.54) is 0 Å². The smallest absolute Gasteiger partial charge is 0.228 e. The molecule has 1 aromatic rings. The zero-order valence-electron chi connectivity index (χ0n) is 5.40. The van der Waals surface area contributed by atoms with Crippen LogP contribution in [0.5, 0.6) is 0 Å². The maximum Gasteiger partial charge on any atom is 0.228 e. The van der Waals surface area contributed by atoms with Crippen molar-refractivity contribution in [3.05, 3.63) is 5.82 Å². The predicted molar refractivity (Wildman–Crippen MR) is 31.8 cm³/mol. The second-order valence-electron chi connectivity index (χ2n) is 1.89. The van der Waals surface area contributed by atoms with Crippen LogP contribution in [0.25, 0.3) is 0 Å². The van der Waals surface area contributed by atoms with Crippen LogP contribution in [0.2, 0.25) is 0 Å². The first-order valence-electron chi connectivity index (χ1n) is 2.74. The third-order valence-electron chi connectivity index (χ3n) is 1.18. The highest BCUT2D eigenvalue weighted by molar-refractivity contribution is 5.80. The number of rotatable bonds is 2. The fraction of sp³-hybridized carbons (Fsp3) is 0.500. The maximum atomic E-state index is 10.5. The Hall–Kier alpha value is -1.46. The summed E-state index contributed by atoms with van der Waals surface area (Å²) in [6.45, 7) is 1.62. The Morgan fingerprint density at radius 3 is 2.90 bits per heavy atom. The van der Waals surface area contributed by atoms with Crippen LogP contribution in [0.3, 0.4) is 0 Å². The summed E-state index contributed by atoms with van der Waals surface area (Å²) < 4.78 is 0. The van der Waals surface area contributed by atoms with Crippen molar-refractivity contribution in [2.45, 2.75) is 12.8 Å². The molecule has 1 heterocycles. The average Bonchev–Trinajstić information content (AvgIpc) is 2.36. The molecule has 0 radical (unpaired) electrons. The summed E-state index contributed by atoms with van der Waals surface area (Å²) in [5.74, 6) is -0.604. The van der Waals surface area contributed by atoms with Gasteiger partial charge in [0.25, 0.3) is 0 Å². The van der Waals surface area contributed by atoms with Crippen molar-refractivity contribution in [2.75, 3.05) is 0 Å². The van der Waals surface area contributed by atoms with Gasteiger partial charge < -0.3 is 5.73 Å². The van der Waals surface area contributed by atoms with Crippen molar-refractivity contribution in [3.63, 3.8) is 0 Å². The van der Waals surface area contributed by atoms with Gasteiger partial charge in [-0.05, 0) is 6.92 Å². The monoisotopic (exact) mass is 141 g/mol. The number of aromatic amines is 1. The number of nitrogens with one attached hydrogen (secondary N) is 1. The molecule has 1 aromatic heterocycles. The first kappa shape index (κ1) is 6.66. The Balaban J connectivity index is 2.77. The third-order valence-corrected chi connectivity index (χ3v) is 1.18. The summed E-state index contributed by atoms with van der Waals surface area (Å²) in [6, 6.07) is 0. The molecule has 6 heteroatoms. The number of hydrogen-bond acceptors (Lipinski definition) is 4. The van der Waals surface area contributed by atoms with E-state index in [1.54, 1.807) is 6.92 Å². The van der Waals surface area contributed by atoms with Gasteiger partial charge in [-0.2, -0.15) is 5.21 Å². The Labute approximate surface area is 56.8 Å². The number of H-pyrrole nitrogens is 1. The van der Waals surface area contributed by atoms with Crippen molar-refractivity contribution in [2.24, 2.45) is 5.73 Å². The first-order chi connectivity index (χ1) is 4.72. The quantitative estimate of drug-likeness (QED) is 0.539. The highest BCUT2D eigenvalue weighted by Gasteiger charge is 2.15. The van der Waals surface area contributed by atoms with Crippen molar-refractivity contribution >= 4 is 5.91 Å². The number of tetrazole rings is 1. The van der Waals surface area contributed by atoms with Gasteiger partial charge in [0.05, 0.1) is 5.92 Å². The van der Waals surface area contributed by atoms with E-state index in [-0.39, 0.29) is 0 Å². The van der Waals surface area contributed by atoms with Gasteiger partial charge in [0.1, 0.15) is 0 Å². The standard InChI is InChI=1S/C4H7N5O/c1-2(3(5)10)4-6-8-9-7-4/h2H,1H3,(H2,5,10)(H,6,7,8,9). The molecule has 0 aliphatic carbocycles. The van der Waals surface area contributed by atoms with Gasteiger partial charge in [-0.3, -0.25) is 4.79 Å². The van der Waals surface area contributed by atoms with Crippen LogP contribution in [0, 0.1) is 0 Å². The van der Waals surface area contributed by atoms with Crippen LogP contribution >= 0.6 is 0 Å². The van der Waals surface area contributed by atoms with Crippen molar-refractivity contribution < 1.29 is 4.79 Å². The fourth-order valence-electron chi connectivity index (χ4n) is 0.480. The molecule has 6 nitrogen and oxygen atoms in total. The lowest BCUT2D eigenvalue weighted by molar-refractivity contribution is -0.119. The van der Waals surface area contributed by atoms with E-state index in [0.29, 0.717) is 5.82 Å². The van der Waals surface area contributed by atoms with Crippen LogP contribution in [-0.4, -0.2) is 26.5 Å². The van der Waals surface area contributed by atoms with E-state index in [2.05, 4.69) is 20.6 Å². The minimum absolute atomic E-state index is 0.326. The molecule has 1 rings (SSSR count). The average molecular weight is 141 g/mol. The van der Waals surface area contributed by atoms with E-state index in [1.807, 2.05) is 0 Å². The number of nitrogens with zero attached hydrogens (tertiary/aromatic N) is 3. The molecule has 0 saturated heterocycles. The Morgan fingerprint density at radius 1 is 1.80 bits per heavy atom. The molecule has 0 aromatic carbocycles. The Kier molecular flexibility index (Phi) is 1.61. The Bertz CT molecular complexity index is 218. The largest absolute Gasteiger partial charge is 0.369 e. The molecule has 0 bridgehead atoms. The molecule has 3 N–H and O–H groups in total. The summed E-state index contributed by atoms with van der Waals surface area (Å²) in [5.41, 5.74) is 4.97. The third kappa shape index (κ3) is 1.09. The number of primary amides is 1. The number of carbonyl (C=O) groups is 1. The zero-order valence-corrected chi connectivity index (χ0v) is 5.40. The summed E-state index contributed by atoms with van der Waals surface area (Å²) >= 11 is 0. The van der Waals surface area contributed by atoms with Crippen LogP contribution in [0.15, 0.2) is 0 Å². The fourth-order valence-corrected chi connectivity index (χ4v) is 0.480. The van der Waals surface area contributed by atoms with Crippen LogP contribution in [-0.2, 0) is 4.79 Å². The summed E-state index contributed by atoms with van der Waals surface area (Å²) in [5, 5.41) is 12.7. The van der Waals surface area contributed by atoms with E-state index in [9.17, 15) is 4.79 Å². The topological polar surface area (TPSA) is 97.5 Å². The van der Waals surface area contributed by atoms with Gasteiger partial charge in [-0.15, -0.1) is 10.2 Å². The second-order valence-corrected chi connectivity index (χ2v) is 1.89. The summed E-state index contributed by atoms with van der Waals surface area (Å²) in [6.07, 6.45) is 0. The molecular weight excluding hydrogens is 134 g/mol. The lowest BCUT2D eigenvalue weighted by Gasteiger charge is -1.97. The second kappa shape index (κ2) is 2.42. The Morgan fingerprint density at radius 2 is 2.50 bits per heavy atom. The number of hydrogen-bond donors (Lipinski definition) is 2. The molecule has 0 spiro atoms. The summed E-state index contributed by atoms with van der Waals surface area (Å²) in [7, 11) is 0. The van der Waals surface area contributed by atoms with Gasteiger partial charge in [0.15, 0.2) is 5.82 Å². The van der Waals surface area contributed by atoms with Crippen LogP contribution in [0.4, 0.5) is 0 Å². The van der Waals surface area contributed by atoms with E-state index in [0.717, 1.165) is 0 Å². The highest BCUT2D eigenvalue weighted by Crippen LogP contribution is 2.04. The normalized spacial score (nSPS) is 12.9. The molecule has 0 saturated carbocycles. The van der Waals surface area contributed by atoms with Crippen LogP contribution < -0.4 is 5.73 Å². The zero-order chi connectivity index (χ0) is 7.56. The minimum Gasteiger partial charge on any atom is -0.369 e. The summed E-state index contributed by atoms with van der Waals surface area (Å²) in [4.78, 5) is 10.5. The van der Waals surface area contributed by atoms with E-state index in [4.69, 9.17) is 5.73 Å². The highest BCUT2D eigenvalue weighted by atomic mass is 16.1. The van der Waals surface area contributed by atoms with E-state index >= 15 is 0 Å². The minimum atomic E-state index is -0.473. The molecule has 0 aliphatic heterocycles. The van der Waals surface area contributed by atoms with Gasteiger partial charge >= 0.3 is 0 Å². The molecule has 0 fully saturated rings. The molecule has 1 unspecified atom stereocenters. The van der Waals surface area contributed by atoms with Gasteiger partial charge in [0.2, 0.25) is 5.91 Å². The number of nitrogens with two attached hydrogens (primary N) is 1. The molecule has 0 aliphatic rings. The van der Waals surface area contributed by atoms with Crippen LogP contribution in [0.1, 0.15) is 18.7 Å². The molecule has 1 atom stereocenters. The van der Waals surface area contributed by atoms with Crippen molar-refractivity contribution in [1.29, 1.82) is 0 Å². The first-order valence-corrected chi connectivity index (χ1v) is 2.74. The van der Waals surface area contributed by atoms with Crippen molar-refractivity contribution in [3.8, 4) is 0 Å². The maximum absolute atomic E-state index is 10.5. The SMILES string of the molecule is CC(C(N)=O)c1nn[nH]n1. The van der Waals surface area contributed by atoms with E-state index < -0.39 is 11.8 Å².